The number of rotatable bonds is 8. The van der Waals surface area contributed by atoms with Crippen molar-refractivity contribution in [2.24, 2.45) is 0 Å². The van der Waals surface area contributed by atoms with Crippen molar-refractivity contribution in [2.75, 3.05) is 19.7 Å². The van der Waals surface area contributed by atoms with Crippen molar-refractivity contribution in [1.29, 1.82) is 0 Å². The van der Waals surface area contributed by atoms with Gasteiger partial charge in [0.1, 0.15) is 5.82 Å². The first-order chi connectivity index (χ1) is 9.79. The first-order valence-electron chi connectivity index (χ1n) is 7.87. The molecular weight excluding hydrogens is 253 g/mol. The van der Waals surface area contributed by atoms with Gasteiger partial charge in [0.15, 0.2) is 0 Å². The second-order valence-corrected chi connectivity index (χ2v) is 5.62. The van der Waals surface area contributed by atoms with Gasteiger partial charge in [-0.2, -0.15) is 0 Å². The van der Waals surface area contributed by atoms with Crippen LogP contribution in [0.4, 0.5) is 4.39 Å². The number of benzene rings is 1. The van der Waals surface area contributed by atoms with Gasteiger partial charge >= 0.3 is 0 Å². The molecule has 1 fully saturated rings. The van der Waals surface area contributed by atoms with Gasteiger partial charge in [-0.3, -0.25) is 0 Å². The zero-order valence-electron chi connectivity index (χ0n) is 12.4. The fourth-order valence-electron chi connectivity index (χ4n) is 2.90. The SMILES string of the molecule is CCNCC(CCCC1CCCO1)c1ccc(F)cc1. The van der Waals surface area contributed by atoms with Crippen LogP contribution < -0.4 is 5.32 Å². The lowest BCUT2D eigenvalue weighted by atomic mass is 9.92. The Balaban J connectivity index is 1.84. The summed E-state index contributed by atoms with van der Waals surface area (Å²) >= 11 is 0. The number of halogens is 1. The average molecular weight is 279 g/mol. The largest absolute Gasteiger partial charge is 0.378 e. The molecule has 1 aromatic carbocycles. The summed E-state index contributed by atoms with van der Waals surface area (Å²) in [5.74, 6) is 0.312. The van der Waals surface area contributed by atoms with E-state index in [1.54, 1.807) is 12.1 Å². The molecule has 3 heteroatoms. The Hall–Kier alpha value is -0.930. The maximum Gasteiger partial charge on any atom is 0.123 e. The van der Waals surface area contributed by atoms with Crippen molar-refractivity contribution < 1.29 is 9.13 Å². The molecule has 0 radical (unpaired) electrons. The molecule has 1 N–H and O–H groups in total. The van der Waals surface area contributed by atoms with Crippen LogP contribution in [0.25, 0.3) is 0 Å². The third-order valence-corrected chi connectivity index (χ3v) is 4.08. The van der Waals surface area contributed by atoms with Gasteiger partial charge in [0.05, 0.1) is 6.10 Å². The Labute approximate surface area is 121 Å². The van der Waals surface area contributed by atoms with Crippen molar-refractivity contribution in [1.82, 2.24) is 5.32 Å². The number of likely N-dealkylation sites (N-methyl/N-ethyl adjacent to an activating group) is 1. The fourth-order valence-corrected chi connectivity index (χ4v) is 2.90. The Morgan fingerprint density at radius 3 is 2.80 bits per heavy atom. The van der Waals surface area contributed by atoms with Crippen molar-refractivity contribution in [3.63, 3.8) is 0 Å². The molecule has 2 nitrogen and oxygen atoms in total. The highest BCUT2D eigenvalue weighted by molar-refractivity contribution is 5.20. The fraction of sp³-hybridized carbons (Fsp3) is 0.647. The number of ether oxygens (including phenoxy) is 1. The van der Waals surface area contributed by atoms with Crippen LogP contribution in [-0.2, 0) is 4.74 Å². The van der Waals surface area contributed by atoms with Crippen molar-refractivity contribution in [3.05, 3.63) is 35.6 Å². The van der Waals surface area contributed by atoms with E-state index in [1.165, 1.54) is 24.8 Å². The first-order valence-corrected chi connectivity index (χ1v) is 7.87. The zero-order valence-corrected chi connectivity index (χ0v) is 12.4. The van der Waals surface area contributed by atoms with E-state index in [0.717, 1.165) is 32.5 Å². The maximum atomic E-state index is 13.0. The van der Waals surface area contributed by atoms with E-state index in [-0.39, 0.29) is 5.82 Å². The summed E-state index contributed by atoms with van der Waals surface area (Å²) in [5, 5.41) is 3.41. The summed E-state index contributed by atoms with van der Waals surface area (Å²) in [6.07, 6.45) is 6.38. The van der Waals surface area contributed by atoms with E-state index >= 15 is 0 Å². The van der Waals surface area contributed by atoms with Gasteiger partial charge in [-0.05, 0) is 55.8 Å². The molecular formula is C17H26FNO. The Morgan fingerprint density at radius 2 is 2.15 bits per heavy atom. The monoisotopic (exact) mass is 279 g/mol. The minimum absolute atomic E-state index is 0.157. The van der Waals surface area contributed by atoms with Crippen LogP contribution in [0.5, 0.6) is 0 Å². The highest BCUT2D eigenvalue weighted by Gasteiger charge is 2.17. The van der Waals surface area contributed by atoms with Gasteiger partial charge in [0.2, 0.25) is 0 Å². The van der Waals surface area contributed by atoms with Crippen LogP contribution >= 0.6 is 0 Å². The van der Waals surface area contributed by atoms with Gasteiger partial charge in [-0.15, -0.1) is 0 Å². The molecule has 112 valence electrons. The summed E-state index contributed by atoms with van der Waals surface area (Å²) < 4.78 is 18.7. The molecule has 0 aliphatic carbocycles. The second kappa shape index (κ2) is 8.38. The first kappa shape index (κ1) is 15.5. The van der Waals surface area contributed by atoms with Crippen molar-refractivity contribution >= 4 is 0 Å². The standard InChI is InChI=1S/C17H26FNO/c1-2-19-13-15(14-8-10-16(18)11-9-14)5-3-6-17-7-4-12-20-17/h8-11,15,17,19H,2-7,12-13H2,1H3. The summed E-state index contributed by atoms with van der Waals surface area (Å²) in [7, 11) is 0. The van der Waals surface area contributed by atoms with E-state index in [9.17, 15) is 4.39 Å². The molecule has 2 rings (SSSR count). The molecule has 0 amide bonds. The highest BCUT2D eigenvalue weighted by Crippen LogP contribution is 2.24. The van der Waals surface area contributed by atoms with Gasteiger partial charge in [0, 0.05) is 13.2 Å². The summed E-state index contributed by atoms with van der Waals surface area (Å²) in [4.78, 5) is 0. The molecule has 1 saturated heterocycles. The lowest BCUT2D eigenvalue weighted by molar-refractivity contribution is 0.101. The summed E-state index contributed by atoms with van der Waals surface area (Å²) in [6.45, 7) is 4.99. The van der Waals surface area contributed by atoms with Crippen LogP contribution in [0.3, 0.4) is 0 Å². The predicted molar refractivity (Wildman–Crippen MR) is 80.5 cm³/mol. The van der Waals surface area contributed by atoms with E-state index < -0.39 is 0 Å². The normalized spacial score (nSPS) is 20.2. The van der Waals surface area contributed by atoms with Crippen LogP contribution in [0.15, 0.2) is 24.3 Å². The highest BCUT2D eigenvalue weighted by atomic mass is 19.1. The minimum Gasteiger partial charge on any atom is -0.378 e. The van der Waals surface area contributed by atoms with Crippen LogP contribution in [0.1, 0.15) is 50.5 Å². The third-order valence-electron chi connectivity index (χ3n) is 4.08. The molecule has 1 aliphatic rings. The van der Waals surface area contributed by atoms with Crippen LogP contribution in [-0.4, -0.2) is 25.8 Å². The summed E-state index contributed by atoms with van der Waals surface area (Å²) in [6, 6.07) is 6.97. The predicted octanol–water partition coefficient (Wildman–Crippen LogP) is 3.87. The van der Waals surface area contributed by atoms with Crippen molar-refractivity contribution in [2.45, 2.75) is 51.0 Å². The average Bonchev–Trinajstić information content (AvgIpc) is 2.97. The van der Waals surface area contributed by atoms with Crippen molar-refractivity contribution in [3.8, 4) is 0 Å². The number of hydrogen-bond acceptors (Lipinski definition) is 2. The van der Waals surface area contributed by atoms with Gasteiger partial charge < -0.3 is 10.1 Å². The van der Waals surface area contributed by atoms with Crippen LogP contribution in [0.2, 0.25) is 0 Å². The molecule has 0 saturated carbocycles. The lowest BCUT2D eigenvalue weighted by Crippen LogP contribution is -2.21. The Bertz CT molecular complexity index is 373. The molecule has 0 spiro atoms. The summed E-state index contributed by atoms with van der Waals surface area (Å²) in [5.41, 5.74) is 1.24. The molecule has 1 heterocycles. The topological polar surface area (TPSA) is 21.3 Å². The second-order valence-electron chi connectivity index (χ2n) is 5.62. The quantitative estimate of drug-likeness (QED) is 0.780. The van der Waals surface area contributed by atoms with Gasteiger partial charge in [-0.25, -0.2) is 4.39 Å². The smallest absolute Gasteiger partial charge is 0.123 e. The Kier molecular flexibility index (Phi) is 6.48. The number of nitrogens with one attached hydrogen (secondary N) is 1. The molecule has 0 aromatic heterocycles. The van der Waals surface area contributed by atoms with Gasteiger partial charge in [-0.1, -0.05) is 25.5 Å². The Morgan fingerprint density at radius 1 is 1.35 bits per heavy atom. The molecule has 2 atom stereocenters. The molecule has 0 bridgehead atoms. The molecule has 1 aromatic rings. The van der Waals surface area contributed by atoms with E-state index in [2.05, 4.69) is 12.2 Å². The third kappa shape index (κ3) is 4.88. The molecule has 20 heavy (non-hydrogen) atoms. The van der Waals surface area contributed by atoms with E-state index in [4.69, 9.17) is 4.74 Å². The minimum atomic E-state index is -0.157. The maximum absolute atomic E-state index is 13.0. The zero-order chi connectivity index (χ0) is 14.2. The molecule has 1 aliphatic heterocycles. The lowest BCUT2D eigenvalue weighted by Gasteiger charge is -2.19. The van der Waals surface area contributed by atoms with Gasteiger partial charge in [0.25, 0.3) is 0 Å². The van der Waals surface area contributed by atoms with Crippen LogP contribution in [0, 0.1) is 5.82 Å². The molecule has 2 unspecified atom stereocenters. The van der Waals surface area contributed by atoms with E-state index in [1.807, 2.05) is 12.1 Å². The number of hydrogen-bond donors (Lipinski definition) is 1. The van der Waals surface area contributed by atoms with E-state index in [0.29, 0.717) is 12.0 Å².